The topological polar surface area (TPSA) is 49.7 Å². The molecular weight excluding hydrogens is 359 g/mol. The summed E-state index contributed by atoms with van der Waals surface area (Å²) in [5.41, 5.74) is 2.12. The van der Waals surface area contributed by atoms with Gasteiger partial charge in [0.25, 0.3) is 0 Å². The number of aromatic nitrogens is 1. The Kier molecular flexibility index (Phi) is 5.02. The fourth-order valence-corrected chi connectivity index (χ4v) is 4.27. The zero-order valence-electron chi connectivity index (χ0n) is 16.6. The lowest BCUT2D eigenvalue weighted by Gasteiger charge is -2.37. The molecule has 1 saturated heterocycles. The van der Waals surface area contributed by atoms with Crippen molar-refractivity contribution in [2.75, 3.05) is 29.9 Å². The number of benzene rings is 1. The molecule has 150 valence electrons. The first-order chi connectivity index (χ1) is 13.4. The summed E-state index contributed by atoms with van der Waals surface area (Å²) in [6, 6.07) is 8.69. The highest BCUT2D eigenvalue weighted by molar-refractivity contribution is 5.90. The van der Waals surface area contributed by atoms with Gasteiger partial charge in [0.15, 0.2) is 0 Å². The molecule has 28 heavy (non-hydrogen) atoms. The molecular formula is C21H27FN4O2. The van der Waals surface area contributed by atoms with Crippen molar-refractivity contribution < 1.29 is 13.9 Å². The molecule has 6 nitrogen and oxygen atoms in total. The van der Waals surface area contributed by atoms with E-state index in [1.807, 2.05) is 44.0 Å². The Morgan fingerprint density at radius 3 is 2.61 bits per heavy atom. The maximum atomic E-state index is 14.8. The lowest BCUT2D eigenvalue weighted by molar-refractivity contribution is -0.00539. The minimum absolute atomic E-state index is 0.0239. The monoisotopic (exact) mass is 386 g/mol. The predicted octanol–water partition coefficient (Wildman–Crippen LogP) is 3.85. The average molecular weight is 386 g/mol. The highest BCUT2D eigenvalue weighted by Crippen LogP contribution is 2.28. The quantitative estimate of drug-likeness (QED) is 0.853. The number of nitrogens with one attached hydrogen (secondary N) is 1. The summed E-state index contributed by atoms with van der Waals surface area (Å²) in [6.45, 7) is 8.68. The van der Waals surface area contributed by atoms with E-state index in [9.17, 15) is 9.18 Å². The number of ether oxygens (including phenoxy) is 1. The largest absolute Gasteiger partial charge is 0.372 e. The van der Waals surface area contributed by atoms with Crippen LogP contribution in [0.15, 0.2) is 36.5 Å². The minimum Gasteiger partial charge on any atom is -0.372 e. The lowest BCUT2D eigenvalue weighted by Crippen LogP contribution is -2.45. The molecule has 0 aliphatic carbocycles. The third kappa shape index (κ3) is 3.58. The Balaban J connectivity index is 1.46. The molecule has 1 aromatic heterocycles. The third-order valence-electron chi connectivity index (χ3n) is 5.56. The number of halogens is 1. The standard InChI is InChI=1S/C21H27FN4O2/c1-14-12-25(13-15(2)28-14)20-7-6-17(11-18(20)22)23-21(27)26-10-9-24-8-4-5-19(24)16(26)3/h4-8,11,14-16H,9-10,12-13H2,1-3H3,(H,23,27)/t14-,15-,16+/m1/s1. The van der Waals surface area contributed by atoms with Gasteiger partial charge in [-0.3, -0.25) is 0 Å². The second kappa shape index (κ2) is 7.47. The molecule has 2 aliphatic heterocycles. The number of carbonyl (C=O) groups excluding carboxylic acids is 1. The smallest absolute Gasteiger partial charge is 0.322 e. The van der Waals surface area contributed by atoms with Crippen LogP contribution in [0.25, 0.3) is 0 Å². The molecule has 3 heterocycles. The maximum Gasteiger partial charge on any atom is 0.322 e. The van der Waals surface area contributed by atoms with Crippen LogP contribution in [0.1, 0.15) is 32.5 Å². The van der Waals surface area contributed by atoms with Crippen molar-refractivity contribution in [2.24, 2.45) is 0 Å². The van der Waals surface area contributed by atoms with E-state index in [4.69, 9.17) is 4.74 Å². The lowest BCUT2D eigenvalue weighted by atomic mass is 10.1. The summed E-state index contributed by atoms with van der Waals surface area (Å²) >= 11 is 0. The first-order valence-corrected chi connectivity index (χ1v) is 9.85. The number of urea groups is 1. The van der Waals surface area contributed by atoms with Gasteiger partial charge in [0.1, 0.15) is 5.82 Å². The predicted molar refractivity (Wildman–Crippen MR) is 107 cm³/mol. The summed E-state index contributed by atoms with van der Waals surface area (Å²) in [5, 5.41) is 2.85. The van der Waals surface area contributed by atoms with E-state index < -0.39 is 0 Å². The number of amides is 2. The number of carbonyl (C=O) groups is 1. The van der Waals surface area contributed by atoms with Crippen LogP contribution in [0, 0.1) is 5.82 Å². The summed E-state index contributed by atoms with van der Waals surface area (Å²) < 4.78 is 22.6. The van der Waals surface area contributed by atoms with Gasteiger partial charge >= 0.3 is 6.03 Å². The minimum atomic E-state index is -0.334. The van der Waals surface area contributed by atoms with Gasteiger partial charge in [-0.2, -0.15) is 0 Å². The zero-order valence-corrected chi connectivity index (χ0v) is 16.6. The molecule has 7 heteroatoms. The molecule has 1 fully saturated rings. The van der Waals surface area contributed by atoms with Crippen molar-refractivity contribution in [2.45, 2.75) is 45.6 Å². The highest BCUT2D eigenvalue weighted by Gasteiger charge is 2.28. The number of rotatable bonds is 2. The first-order valence-electron chi connectivity index (χ1n) is 9.85. The molecule has 0 radical (unpaired) electrons. The highest BCUT2D eigenvalue weighted by atomic mass is 19.1. The number of hydrogen-bond acceptors (Lipinski definition) is 3. The van der Waals surface area contributed by atoms with E-state index in [1.54, 1.807) is 17.0 Å². The first kappa shape index (κ1) is 18.8. The molecule has 1 N–H and O–H groups in total. The van der Waals surface area contributed by atoms with Crippen LogP contribution in [0.4, 0.5) is 20.6 Å². The van der Waals surface area contributed by atoms with E-state index in [0.29, 0.717) is 31.0 Å². The SMILES string of the molecule is C[C@@H]1CN(c2ccc(NC(=O)N3CCn4cccc4[C@@H]3C)cc2F)C[C@@H](C)O1. The van der Waals surface area contributed by atoms with E-state index in [2.05, 4.69) is 9.88 Å². The Hall–Kier alpha value is -2.54. The number of anilines is 2. The van der Waals surface area contributed by atoms with Gasteiger partial charge in [-0.1, -0.05) is 0 Å². The van der Waals surface area contributed by atoms with Gasteiger partial charge in [0.05, 0.1) is 23.9 Å². The van der Waals surface area contributed by atoms with Crippen LogP contribution in [-0.2, 0) is 11.3 Å². The van der Waals surface area contributed by atoms with Crippen LogP contribution in [0.3, 0.4) is 0 Å². The molecule has 0 unspecified atom stereocenters. The van der Waals surface area contributed by atoms with Crippen molar-refractivity contribution in [3.8, 4) is 0 Å². The number of fused-ring (bicyclic) bond motifs is 1. The van der Waals surface area contributed by atoms with E-state index in [-0.39, 0.29) is 30.1 Å². The maximum absolute atomic E-state index is 14.8. The molecule has 4 rings (SSSR count). The molecule has 3 atom stereocenters. The molecule has 0 bridgehead atoms. The van der Waals surface area contributed by atoms with Gasteiger partial charge in [0.2, 0.25) is 0 Å². The second-order valence-electron chi connectivity index (χ2n) is 7.75. The Morgan fingerprint density at radius 2 is 1.89 bits per heavy atom. The van der Waals surface area contributed by atoms with Crippen molar-refractivity contribution in [1.29, 1.82) is 0 Å². The zero-order chi connectivity index (χ0) is 19.8. The van der Waals surface area contributed by atoms with Crippen LogP contribution in [-0.4, -0.2) is 47.3 Å². The fourth-order valence-electron chi connectivity index (χ4n) is 4.27. The molecule has 0 spiro atoms. The average Bonchev–Trinajstić information content (AvgIpc) is 3.11. The van der Waals surface area contributed by atoms with Gasteiger partial charge in [-0.15, -0.1) is 0 Å². The number of hydrogen-bond donors (Lipinski definition) is 1. The van der Waals surface area contributed by atoms with Gasteiger partial charge in [-0.25, -0.2) is 9.18 Å². The molecule has 2 amide bonds. The van der Waals surface area contributed by atoms with Gasteiger partial charge in [-0.05, 0) is 51.1 Å². The van der Waals surface area contributed by atoms with Crippen LogP contribution < -0.4 is 10.2 Å². The molecule has 1 aromatic carbocycles. The Labute approximate surface area is 164 Å². The second-order valence-corrected chi connectivity index (χ2v) is 7.75. The van der Waals surface area contributed by atoms with Gasteiger partial charge in [0, 0.05) is 43.8 Å². The normalized spacial score (nSPS) is 24.8. The summed E-state index contributed by atoms with van der Waals surface area (Å²) in [4.78, 5) is 16.5. The summed E-state index contributed by atoms with van der Waals surface area (Å²) in [5.74, 6) is -0.334. The fraction of sp³-hybridized carbons (Fsp3) is 0.476. The van der Waals surface area contributed by atoms with Crippen LogP contribution in [0.5, 0.6) is 0 Å². The summed E-state index contributed by atoms with van der Waals surface area (Å²) in [7, 11) is 0. The summed E-state index contributed by atoms with van der Waals surface area (Å²) in [6.07, 6.45) is 2.15. The number of nitrogens with zero attached hydrogens (tertiary/aromatic N) is 3. The van der Waals surface area contributed by atoms with Crippen molar-refractivity contribution >= 4 is 17.4 Å². The van der Waals surface area contributed by atoms with Gasteiger partial charge < -0.3 is 24.4 Å². The van der Waals surface area contributed by atoms with Crippen molar-refractivity contribution in [3.05, 3.63) is 48.0 Å². The number of morpholine rings is 1. The van der Waals surface area contributed by atoms with E-state index >= 15 is 0 Å². The van der Waals surface area contributed by atoms with Crippen molar-refractivity contribution in [3.63, 3.8) is 0 Å². The van der Waals surface area contributed by atoms with Crippen molar-refractivity contribution in [1.82, 2.24) is 9.47 Å². The Morgan fingerprint density at radius 1 is 1.14 bits per heavy atom. The Bertz CT molecular complexity index is 858. The van der Waals surface area contributed by atoms with Crippen LogP contribution in [0.2, 0.25) is 0 Å². The third-order valence-corrected chi connectivity index (χ3v) is 5.56. The van der Waals surface area contributed by atoms with E-state index in [0.717, 1.165) is 12.2 Å². The molecule has 2 aliphatic rings. The van der Waals surface area contributed by atoms with Crippen LogP contribution >= 0.6 is 0 Å². The molecule has 2 aromatic rings. The molecule has 0 saturated carbocycles. The van der Waals surface area contributed by atoms with E-state index in [1.165, 1.54) is 6.07 Å².